The van der Waals surface area contributed by atoms with Gasteiger partial charge >= 0.3 is 0 Å². The molecule has 0 bridgehead atoms. The highest BCUT2D eigenvalue weighted by atomic mass is 16.5. The van der Waals surface area contributed by atoms with E-state index in [2.05, 4.69) is 41.7 Å². The molecule has 3 aromatic rings. The highest BCUT2D eigenvalue weighted by molar-refractivity contribution is 5.80. The normalized spacial score (nSPS) is 16.9. The van der Waals surface area contributed by atoms with Gasteiger partial charge in [0.2, 0.25) is 11.8 Å². The Bertz CT molecular complexity index is 1190. The quantitative estimate of drug-likeness (QED) is 0.438. The Kier molecular flexibility index (Phi) is 7.93. The monoisotopic (exact) mass is 486 g/mol. The Morgan fingerprint density at radius 1 is 0.917 bits per heavy atom. The molecule has 3 aromatic carbocycles. The largest absolute Gasteiger partial charge is 0.493 e. The van der Waals surface area contributed by atoms with Gasteiger partial charge in [0.1, 0.15) is 0 Å². The number of hydrogen-bond donors (Lipinski definition) is 1. The van der Waals surface area contributed by atoms with E-state index >= 15 is 0 Å². The lowest BCUT2D eigenvalue weighted by Crippen LogP contribution is -2.44. The summed E-state index contributed by atoms with van der Waals surface area (Å²) in [4.78, 5) is 26.9. The molecule has 0 aromatic heterocycles. The maximum absolute atomic E-state index is 13.0. The van der Waals surface area contributed by atoms with Crippen LogP contribution in [0, 0.1) is 0 Å². The fraction of sp³-hybridized carbons (Fsp3) is 0.333. The van der Waals surface area contributed by atoms with Crippen molar-refractivity contribution in [3.05, 3.63) is 83.9 Å². The zero-order valence-electron chi connectivity index (χ0n) is 21.3. The zero-order chi connectivity index (χ0) is 25.5. The first kappa shape index (κ1) is 25.3. The highest BCUT2D eigenvalue weighted by Crippen LogP contribution is 2.31. The van der Waals surface area contributed by atoms with E-state index in [0.29, 0.717) is 43.7 Å². The van der Waals surface area contributed by atoms with Crippen molar-refractivity contribution >= 4 is 11.8 Å². The number of hydrogen-bond acceptors (Lipinski definition) is 4. The van der Waals surface area contributed by atoms with Crippen molar-refractivity contribution in [3.63, 3.8) is 0 Å². The zero-order valence-corrected chi connectivity index (χ0v) is 21.3. The topological polar surface area (TPSA) is 67.9 Å². The Balaban J connectivity index is 1.39. The van der Waals surface area contributed by atoms with Crippen LogP contribution >= 0.6 is 0 Å². The van der Waals surface area contributed by atoms with Gasteiger partial charge in [-0.15, -0.1) is 0 Å². The van der Waals surface area contributed by atoms with E-state index in [1.54, 1.807) is 26.2 Å². The molecule has 1 saturated heterocycles. The molecule has 6 nitrogen and oxygen atoms in total. The van der Waals surface area contributed by atoms with Crippen molar-refractivity contribution in [2.24, 2.45) is 0 Å². The van der Waals surface area contributed by atoms with Crippen molar-refractivity contribution in [2.45, 2.75) is 44.2 Å². The molecule has 0 saturated carbocycles. The predicted molar refractivity (Wildman–Crippen MR) is 141 cm³/mol. The van der Waals surface area contributed by atoms with E-state index < -0.39 is 5.54 Å². The fourth-order valence-corrected chi connectivity index (χ4v) is 4.90. The molecule has 0 aliphatic carbocycles. The van der Waals surface area contributed by atoms with Crippen LogP contribution < -0.4 is 14.8 Å². The first-order valence-corrected chi connectivity index (χ1v) is 12.3. The van der Waals surface area contributed by atoms with Gasteiger partial charge in [-0.05, 0) is 53.6 Å². The number of benzene rings is 3. The third-order valence-corrected chi connectivity index (χ3v) is 6.95. The Labute approximate surface area is 213 Å². The first-order valence-electron chi connectivity index (χ1n) is 12.3. The molecular formula is C30H34N2O4. The number of amides is 2. The van der Waals surface area contributed by atoms with E-state index in [1.165, 1.54) is 5.56 Å². The van der Waals surface area contributed by atoms with Gasteiger partial charge in [-0.25, -0.2) is 0 Å². The minimum atomic E-state index is -0.398. The average Bonchev–Trinajstić information content (AvgIpc) is 3.28. The maximum atomic E-state index is 13.0. The van der Waals surface area contributed by atoms with Gasteiger partial charge < -0.3 is 19.7 Å². The summed E-state index contributed by atoms with van der Waals surface area (Å²) in [5.41, 5.74) is 4.06. The van der Waals surface area contributed by atoms with Crippen LogP contribution in [-0.4, -0.2) is 43.5 Å². The minimum Gasteiger partial charge on any atom is -0.493 e. The van der Waals surface area contributed by atoms with Crippen LogP contribution in [0.4, 0.5) is 0 Å². The Morgan fingerprint density at radius 2 is 1.58 bits per heavy atom. The molecule has 0 spiro atoms. The summed E-state index contributed by atoms with van der Waals surface area (Å²) in [5.74, 6) is 1.40. The van der Waals surface area contributed by atoms with Crippen LogP contribution in [0.3, 0.4) is 0 Å². The molecule has 36 heavy (non-hydrogen) atoms. The number of nitrogens with one attached hydrogen (secondary N) is 1. The van der Waals surface area contributed by atoms with Crippen LogP contribution in [0.5, 0.6) is 11.5 Å². The first-order chi connectivity index (χ1) is 17.4. The third kappa shape index (κ3) is 6.06. The number of carbonyl (C=O) groups is 2. The molecule has 0 radical (unpaired) electrons. The van der Waals surface area contributed by atoms with Gasteiger partial charge in [0, 0.05) is 32.0 Å². The molecule has 1 fully saturated rings. The molecule has 1 heterocycles. The van der Waals surface area contributed by atoms with Crippen molar-refractivity contribution in [1.82, 2.24) is 10.2 Å². The third-order valence-electron chi connectivity index (χ3n) is 6.95. The van der Waals surface area contributed by atoms with Gasteiger partial charge in [0.05, 0.1) is 14.2 Å². The summed E-state index contributed by atoms with van der Waals surface area (Å²) in [7, 11) is 5.00. The Hall–Kier alpha value is -3.80. The SMILES string of the molecule is COc1ccc(CN(C)C(=O)CCC2(Cc3ccc(-c4ccccc4)cc3)CCC(=O)N2)cc1OC. The van der Waals surface area contributed by atoms with Crippen molar-refractivity contribution < 1.29 is 19.1 Å². The van der Waals surface area contributed by atoms with Crippen LogP contribution in [0.2, 0.25) is 0 Å². The van der Waals surface area contributed by atoms with Gasteiger partial charge in [0.15, 0.2) is 11.5 Å². The second kappa shape index (κ2) is 11.3. The molecule has 1 aliphatic heterocycles. The summed E-state index contributed by atoms with van der Waals surface area (Å²) in [6.45, 7) is 0.472. The molecule has 1 aliphatic rings. The van der Waals surface area contributed by atoms with Crippen LogP contribution in [0.1, 0.15) is 36.8 Å². The minimum absolute atomic E-state index is 0.0461. The lowest BCUT2D eigenvalue weighted by molar-refractivity contribution is -0.131. The molecule has 1 unspecified atom stereocenters. The average molecular weight is 487 g/mol. The highest BCUT2D eigenvalue weighted by Gasteiger charge is 2.38. The van der Waals surface area contributed by atoms with Crippen LogP contribution in [0.25, 0.3) is 11.1 Å². The van der Waals surface area contributed by atoms with Gasteiger partial charge in [-0.1, -0.05) is 60.7 Å². The smallest absolute Gasteiger partial charge is 0.222 e. The van der Waals surface area contributed by atoms with Crippen LogP contribution in [0.15, 0.2) is 72.8 Å². The number of methoxy groups -OCH3 is 2. The van der Waals surface area contributed by atoms with E-state index in [0.717, 1.165) is 23.1 Å². The molecule has 4 rings (SSSR count). The summed E-state index contributed by atoms with van der Waals surface area (Å²) in [5, 5.41) is 3.19. The number of rotatable bonds is 10. The summed E-state index contributed by atoms with van der Waals surface area (Å²) < 4.78 is 10.7. The van der Waals surface area contributed by atoms with E-state index in [9.17, 15) is 9.59 Å². The number of carbonyl (C=O) groups excluding carboxylic acids is 2. The number of ether oxygens (including phenoxy) is 2. The van der Waals surface area contributed by atoms with E-state index in [4.69, 9.17) is 9.47 Å². The summed E-state index contributed by atoms with van der Waals surface area (Å²) in [6, 6.07) is 24.4. The van der Waals surface area contributed by atoms with Gasteiger partial charge in [-0.2, -0.15) is 0 Å². The molecular weight excluding hydrogens is 452 g/mol. The lowest BCUT2D eigenvalue weighted by atomic mass is 9.84. The molecule has 2 amide bonds. The molecule has 6 heteroatoms. The summed E-state index contributed by atoms with van der Waals surface area (Å²) in [6.07, 6.45) is 2.91. The Morgan fingerprint density at radius 3 is 2.22 bits per heavy atom. The standard InChI is InChI=1S/C30H34N2O4/c1-32(21-23-11-14-26(35-2)27(19-23)36-3)29(34)16-18-30(17-15-28(33)31-30)20-22-9-12-25(13-10-22)24-7-5-4-6-8-24/h4-14,19H,15-18,20-21H2,1-3H3,(H,31,33). The second-order valence-electron chi connectivity index (χ2n) is 9.51. The van der Waals surface area contributed by atoms with E-state index in [-0.39, 0.29) is 11.8 Å². The van der Waals surface area contributed by atoms with Gasteiger partial charge in [-0.3, -0.25) is 9.59 Å². The summed E-state index contributed by atoms with van der Waals surface area (Å²) >= 11 is 0. The number of nitrogens with zero attached hydrogens (tertiary/aromatic N) is 1. The van der Waals surface area contributed by atoms with Crippen molar-refractivity contribution in [2.75, 3.05) is 21.3 Å². The second-order valence-corrected chi connectivity index (χ2v) is 9.51. The predicted octanol–water partition coefficient (Wildman–Crippen LogP) is 5.00. The van der Waals surface area contributed by atoms with Gasteiger partial charge in [0.25, 0.3) is 0 Å². The molecule has 1 N–H and O–H groups in total. The fourth-order valence-electron chi connectivity index (χ4n) is 4.90. The molecule has 188 valence electrons. The lowest BCUT2D eigenvalue weighted by Gasteiger charge is -2.30. The molecule has 1 atom stereocenters. The van der Waals surface area contributed by atoms with Crippen molar-refractivity contribution in [3.8, 4) is 22.6 Å². The maximum Gasteiger partial charge on any atom is 0.222 e. The van der Waals surface area contributed by atoms with E-state index in [1.807, 2.05) is 36.4 Å². The van der Waals surface area contributed by atoms with Crippen LogP contribution in [-0.2, 0) is 22.6 Å². The van der Waals surface area contributed by atoms with Crippen molar-refractivity contribution in [1.29, 1.82) is 0 Å².